The summed E-state index contributed by atoms with van der Waals surface area (Å²) in [5.74, 6) is 5.86. The quantitative estimate of drug-likeness (QED) is 0.260. The lowest BCUT2D eigenvalue weighted by atomic mass is 10.3. The maximum atomic E-state index is 11.8. The fourth-order valence-corrected chi connectivity index (χ4v) is 1.26. The molecule has 1 saturated carbocycles. The second kappa shape index (κ2) is 5.69. The van der Waals surface area contributed by atoms with Gasteiger partial charge >= 0.3 is 0 Å². The van der Waals surface area contributed by atoms with Gasteiger partial charge in [0.2, 0.25) is 11.9 Å². The minimum atomic E-state index is -0.321. The topological polar surface area (TPSA) is 82.8 Å². The molecule has 0 aromatic heterocycles. The van der Waals surface area contributed by atoms with Crippen molar-refractivity contribution in [3.63, 3.8) is 0 Å². The summed E-state index contributed by atoms with van der Waals surface area (Å²) in [4.78, 5) is 17.7. The molecule has 1 atom stereocenters. The zero-order valence-corrected chi connectivity index (χ0v) is 10.2. The molecule has 0 spiro atoms. The van der Waals surface area contributed by atoms with E-state index in [9.17, 15) is 4.79 Å². The van der Waals surface area contributed by atoms with E-state index in [2.05, 4.69) is 15.7 Å². The van der Waals surface area contributed by atoms with Gasteiger partial charge in [-0.25, -0.2) is 10.8 Å². The van der Waals surface area contributed by atoms with Crippen LogP contribution in [0.4, 0.5) is 0 Å². The number of carbonyl (C=O) groups is 1. The first-order valence-electron chi connectivity index (χ1n) is 5.64. The number of nitrogens with one attached hydrogen (secondary N) is 2. The first-order chi connectivity index (χ1) is 7.58. The number of nitrogens with two attached hydrogens (primary N) is 1. The van der Waals surface area contributed by atoms with Crippen molar-refractivity contribution >= 4 is 11.9 Å². The van der Waals surface area contributed by atoms with Crippen molar-refractivity contribution in [1.82, 2.24) is 15.6 Å². The fourth-order valence-electron chi connectivity index (χ4n) is 1.26. The molecule has 4 N–H and O–H groups in total. The summed E-state index contributed by atoms with van der Waals surface area (Å²) in [5.41, 5.74) is 2.48. The standard InChI is InChI=1S/C10H21N5O/c1-4-15(3)9(16)7(2)12-10(14-11)13-8-5-6-8/h7-8H,4-6,11H2,1-3H3,(H2,12,13,14). The minimum absolute atomic E-state index is 0.0289. The summed E-state index contributed by atoms with van der Waals surface area (Å²) in [6.07, 6.45) is 2.20. The van der Waals surface area contributed by atoms with Crippen LogP contribution in [-0.2, 0) is 4.79 Å². The van der Waals surface area contributed by atoms with Gasteiger partial charge in [0, 0.05) is 13.6 Å². The van der Waals surface area contributed by atoms with Crippen LogP contribution in [-0.4, -0.2) is 42.4 Å². The van der Waals surface area contributed by atoms with E-state index in [0.29, 0.717) is 18.5 Å². The summed E-state index contributed by atoms with van der Waals surface area (Å²) < 4.78 is 0. The summed E-state index contributed by atoms with van der Waals surface area (Å²) in [5, 5.41) is 2.98. The second-order valence-corrected chi connectivity index (χ2v) is 4.07. The Bertz CT molecular complexity index is 274. The number of hydrogen-bond acceptors (Lipinski definition) is 3. The van der Waals surface area contributed by atoms with E-state index in [1.165, 1.54) is 0 Å². The predicted octanol–water partition coefficient (Wildman–Crippen LogP) is -0.575. The van der Waals surface area contributed by atoms with Crippen LogP contribution in [0.25, 0.3) is 0 Å². The summed E-state index contributed by atoms with van der Waals surface area (Å²) in [6.45, 7) is 4.43. The second-order valence-electron chi connectivity index (χ2n) is 4.07. The predicted molar refractivity (Wildman–Crippen MR) is 63.7 cm³/mol. The van der Waals surface area contributed by atoms with Crippen LogP contribution in [0.5, 0.6) is 0 Å². The third-order valence-corrected chi connectivity index (χ3v) is 2.57. The van der Waals surface area contributed by atoms with Gasteiger partial charge in [0.15, 0.2) is 0 Å². The highest BCUT2D eigenvalue weighted by Gasteiger charge is 2.22. The Kier molecular flexibility index (Phi) is 4.54. The highest BCUT2D eigenvalue weighted by Crippen LogP contribution is 2.23. The largest absolute Gasteiger partial charge is 0.344 e. The van der Waals surface area contributed by atoms with Gasteiger partial charge in [0.1, 0.15) is 6.04 Å². The molecular weight excluding hydrogens is 206 g/mol. The molecule has 92 valence electrons. The van der Waals surface area contributed by atoms with Crippen molar-refractivity contribution in [3.05, 3.63) is 0 Å². The molecule has 16 heavy (non-hydrogen) atoms. The number of likely N-dealkylation sites (N-methyl/N-ethyl adjacent to an activating group) is 1. The number of carbonyl (C=O) groups excluding carboxylic acids is 1. The molecule has 1 amide bonds. The maximum absolute atomic E-state index is 11.8. The number of aliphatic imine (C=N–C) groups is 1. The first-order valence-corrected chi connectivity index (χ1v) is 5.64. The zero-order chi connectivity index (χ0) is 12.1. The van der Waals surface area contributed by atoms with Crippen LogP contribution in [0, 0.1) is 0 Å². The van der Waals surface area contributed by atoms with Crippen LogP contribution in [0.2, 0.25) is 0 Å². The molecular formula is C10H21N5O. The molecule has 0 aliphatic heterocycles. The Hall–Kier alpha value is -1.30. The number of hydrogen-bond donors (Lipinski definition) is 3. The molecule has 1 rings (SSSR count). The lowest BCUT2D eigenvalue weighted by Gasteiger charge is -2.21. The fraction of sp³-hybridized carbons (Fsp3) is 0.800. The summed E-state index contributed by atoms with van der Waals surface area (Å²) in [6, 6.07) is 0.0447. The van der Waals surface area contributed by atoms with Gasteiger partial charge in [0.05, 0.1) is 6.04 Å². The van der Waals surface area contributed by atoms with E-state index in [1.807, 2.05) is 6.92 Å². The third kappa shape index (κ3) is 3.69. The molecule has 0 bridgehead atoms. The van der Waals surface area contributed by atoms with Gasteiger partial charge in [-0.05, 0) is 26.7 Å². The average Bonchev–Trinajstić information content (AvgIpc) is 3.09. The highest BCUT2D eigenvalue weighted by atomic mass is 16.2. The molecule has 0 aromatic carbocycles. The monoisotopic (exact) mass is 227 g/mol. The van der Waals surface area contributed by atoms with E-state index in [-0.39, 0.29) is 11.9 Å². The number of guanidine groups is 1. The molecule has 1 unspecified atom stereocenters. The molecule has 1 aliphatic rings. The molecule has 6 nitrogen and oxygen atoms in total. The SMILES string of the molecule is CCN(C)C(=O)C(C)NC(=NC1CC1)NN. The molecule has 0 saturated heterocycles. The van der Waals surface area contributed by atoms with Crippen molar-refractivity contribution in [2.75, 3.05) is 13.6 Å². The minimum Gasteiger partial charge on any atom is -0.344 e. The highest BCUT2D eigenvalue weighted by molar-refractivity contribution is 5.88. The normalized spacial score (nSPS) is 17.9. The maximum Gasteiger partial charge on any atom is 0.244 e. The Balaban J connectivity index is 2.47. The number of hydrazine groups is 1. The molecule has 1 aliphatic carbocycles. The molecule has 6 heteroatoms. The van der Waals surface area contributed by atoms with E-state index in [0.717, 1.165) is 12.8 Å². The Morgan fingerprint density at radius 3 is 2.69 bits per heavy atom. The lowest BCUT2D eigenvalue weighted by molar-refractivity contribution is -0.131. The van der Waals surface area contributed by atoms with Gasteiger partial charge in [-0.2, -0.15) is 0 Å². The van der Waals surface area contributed by atoms with Gasteiger partial charge in [-0.3, -0.25) is 10.2 Å². The summed E-state index contributed by atoms with van der Waals surface area (Å²) in [7, 11) is 1.77. The van der Waals surface area contributed by atoms with Crippen molar-refractivity contribution < 1.29 is 4.79 Å². The molecule has 1 fully saturated rings. The van der Waals surface area contributed by atoms with E-state index in [4.69, 9.17) is 5.84 Å². The van der Waals surface area contributed by atoms with Gasteiger partial charge in [-0.15, -0.1) is 0 Å². The lowest BCUT2D eigenvalue weighted by Crippen LogP contribution is -2.51. The first kappa shape index (κ1) is 12.8. The zero-order valence-electron chi connectivity index (χ0n) is 10.2. The Morgan fingerprint density at radius 2 is 2.25 bits per heavy atom. The molecule has 0 aromatic rings. The molecule has 0 heterocycles. The third-order valence-electron chi connectivity index (χ3n) is 2.57. The smallest absolute Gasteiger partial charge is 0.244 e. The molecule has 0 radical (unpaired) electrons. The van der Waals surface area contributed by atoms with E-state index >= 15 is 0 Å². The number of nitrogens with zero attached hydrogens (tertiary/aromatic N) is 2. The Labute approximate surface area is 96.2 Å². The van der Waals surface area contributed by atoms with Crippen molar-refractivity contribution in [3.8, 4) is 0 Å². The van der Waals surface area contributed by atoms with Crippen molar-refractivity contribution in [2.45, 2.75) is 38.8 Å². The van der Waals surface area contributed by atoms with Crippen molar-refractivity contribution in [2.24, 2.45) is 10.8 Å². The van der Waals surface area contributed by atoms with Crippen LogP contribution in [0.3, 0.4) is 0 Å². The van der Waals surface area contributed by atoms with Gasteiger partial charge < -0.3 is 10.2 Å². The van der Waals surface area contributed by atoms with E-state index in [1.54, 1.807) is 18.9 Å². The number of rotatable bonds is 4. The Morgan fingerprint density at radius 1 is 1.62 bits per heavy atom. The van der Waals surface area contributed by atoms with Crippen LogP contribution in [0.1, 0.15) is 26.7 Å². The van der Waals surface area contributed by atoms with Gasteiger partial charge in [0.25, 0.3) is 0 Å². The van der Waals surface area contributed by atoms with E-state index < -0.39 is 0 Å². The van der Waals surface area contributed by atoms with Crippen LogP contribution >= 0.6 is 0 Å². The summed E-state index contributed by atoms with van der Waals surface area (Å²) >= 11 is 0. The van der Waals surface area contributed by atoms with Crippen LogP contribution < -0.4 is 16.6 Å². The average molecular weight is 227 g/mol. The van der Waals surface area contributed by atoms with Gasteiger partial charge in [-0.1, -0.05) is 0 Å². The van der Waals surface area contributed by atoms with Crippen molar-refractivity contribution in [1.29, 1.82) is 0 Å². The van der Waals surface area contributed by atoms with Crippen LogP contribution in [0.15, 0.2) is 4.99 Å². The number of amides is 1.